The number of hydrogen-bond acceptors (Lipinski definition) is 3. The molecule has 15 heavy (non-hydrogen) atoms. The van der Waals surface area contributed by atoms with Crippen LogP contribution >= 0.6 is 0 Å². The molecule has 0 aliphatic rings. The third-order valence-electron chi connectivity index (χ3n) is 2.13. The molecule has 1 aromatic carbocycles. The number of rotatable bonds is 4. The van der Waals surface area contributed by atoms with Crippen LogP contribution in [0, 0.1) is 0 Å². The average molecular weight is 225 g/mol. The third-order valence-corrected chi connectivity index (χ3v) is 3.25. The maximum atomic E-state index is 11.3. The quantitative estimate of drug-likeness (QED) is 0.793. The highest BCUT2D eigenvalue weighted by Gasteiger charge is 2.10. The summed E-state index contributed by atoms with van der Waals surface area (Å²) < 4.78 is 22.6. The first-order valence-electron chi connectivity index (χ1n) is 4.61. The van der Waals surface area contributed by atoms with Gasteiger partial charge in [0.05, 0.1) is 4.90 Å². The van der Waals surface area contributed by atoms with E-state index in [1.54, 1.807) is 24.3 Å². The van der Waals surface area contributed by atoms with Crippen molar-refractivity contribution in [1.82, 2.24) is 0 Å². The molecule has 1 rings (SSSR count). The molecule has 1 aromatic rings. The SMILES string of the molecule is C=CCC(N)c1cccc(S(C)(=O)=O)c1. The average Bonchev–Trinajstić information content (AvgIpc) is 2.17. The largest absolute Gasteiger partial charge is 0.324 e. The van der Waals surface area contributed by atoms with Gasteiger partial charge in [0, 0.05) is 12.3 Å². The van der Waals surface area contributed by atoms with Gasteiger partial charge in [-0.3, -0.25) is 0 Å². The lowest BCUT2D eigenvalue weighted by Crippen LogP contribution is -2.10. The summed E-state index contributed by atoms with van der Waals surface area (Å²) in [5.41, 5.74) is 6.67. The summed E-state index contributed by atoms with van der Waals surface area (Å²) in [4.78, 5) is 0.305. The topological polar surface area (TPSA) is 60.2 Å². The van der Waals surface area contributed by atoms with Crippen molar-refractivity contribution >= 4 is 9.84 Å². The molecule has 2 N–H and O–H groups in total. The first-order valence-corrected chi connectivity index (χ1v) is 6.51. The molecule has 0 saturated carbocycles. The summed E-state index contributed by atoms with van der Waals surface area (Å²) in [6.07, 6.45) is 3.54. The van der Waals surface area contributed by atoms with Gasteiger partial charge in [-0.1, -0.05) is 18.2 Å². The van der Waals surface area contributed by atoms with Crippen molar-refractivity contribution in [2.24, 2.45) is 5.73 Å². The highest BCUT2D eigenvalue weighted by molar-refractivity contribution is 7.90. The van der Waals surface area contributed by atoms with Gasteiger partial charge in [-0.25, -0.2) is 8.42 Å². The molecule has 1 unspecified atom stereocenters. The Balaban J connectivity index is 3.08. The predicted octanol–water partition coefficient (Wildman–Crippen LogP) is 1.67. The minimum absolute atomic E-state index is 0.191. The van der Waals surface area contributed by atoms with Crippen molar-refractivity contribution < 1.29 is 8.42 Å². The molecule has 0 bridgehead atoms. The van der Waals surface area contributed by atoms with Gasteiger partial charge in [0.1, 0.15) is 0 Å². The maximum Gasteiger partial charge on any atom is 0.175 e. The zero-order valence-corrected chi connectivity index (χ0v) is 9.50. The lowest BCUT2D eigenvalue weighted by Gasteiger charge is -2.10. The first kappa shape index (κ1) is 11.9. The van der Waals surface area contributed by atoms with Crippen LogP contribution in [-0.4, -0.2) is 14.7 Å². The molecule has 0 amide bonds. The lowest BCUT2D eigenvalue weighted by atomic mass is 10.1. The van der Waals surface area contributed by atoms with E-state index in [1.807, 2.05) is 6.07 Å². The Morgan fingerprint density at radius 1 is 1.53 bits per heavy atom. The highest BCUT2D eigenvalue weighted by Crippen LogP contribution is 2.18. The number of sulfone groups is 1. The first-order chi connectivity index (χ1) is 6.95. The Labute approximate surface area is 90.5 Å². The second kappa shape index (κ2) is 4.59. The molecule has 0 heterocycles. The van der Waals surface area contributed by atoms with E-state index < -0.39 is 9.84 Å². The van der Waals surface area contributed by atoms with Crippen molar-refractivity contribution in [3.05, 3.63) is 42.5 Å². The van der Waals surface area contributed by atoms with Gasteiger partial charge < -0.3 is 5.73 Å². The standard InChI is InChI=1S/C11H15NO2S/c1-3-5-11(12)9-6-4-7-10(8-9)15(2,13)14/h3-4,6-8,11H,1,5,12H2,2H3. The maximum absolute atomic E-state index is 11.3. The van der Waals surface area contributed by atoms with E-state index in [2.05, 4.69) is 6.58 Å². The summed E-state index contributed by atoms with van der Waals surface area (Å²) in [6.45, 7) is 3.60. The fourth-order valence-electron chi connectivity index (χ4n) is 1.29. The second-order valence-electron chi connectivity index (χ2n) is 3.48. The van der Waals surface area contributed by atoms with Gasteiger partial charge in [0.15, 0.2) is 9.84 Å². The molecule has 0 aliphatic carbocycles. The lowest BCUT2D eigenvalue weighted by molar-refractivity contribution is 0.601. The van der Waals surface area contributed by atoms with E-state index in [9.17, 15) is 8.42 Å². The fraction of sp³-hybridized carbons (Fsp3) is 0.273. The zero-order valence-electron chi connectivity index (χ0n) is 8.68. The van der Waals surface area contributed by atoms with E-state index in [0.717, 1.165) is 5.56 Å². The summed E-state index contributed by atoms with van der Waals surface area (Å²) in [7, 11) is -3.16. The molecule has 0 spiro atoms. The van der Waals surface area contributed by atoms with Gasteiger partial charge in [0.25, 0.3) is 0 Å². The Morgan fingerprint density at radius 3 is 2.73 bits per heavy atom. The van der Waals surface area contributed by atoms with Gasteiger partial charge in [-0.15, -0.1) is 6.58 Å². The van der Waals surface area contributed by atoms with Crippen molar-refractivity contribution in [3.8, 4) is 0 Å². The molecular formula is C11H15NO2S. The van der Waals surface area contributed by atoms with Crippen molar-refractivity contribution in [2.75, 3.05) is 6.26 Å². The minimum Gasteiger partial charge on any atom is -0.324 e. The van der Waals surface area contributed by atoms with E-state index >= 15 is 0 Å². The number of benzene rings is 1. The number of hydrogen-bond donors (Lipinski definition) is 1. The summed E-state index contributed by atoms with van der Waals surface area (Å²) in [5, 5.41) is 0. The van der Waals surface area contributed by atoms with Crippen LogP contribution in [0.25, 0.3) is 0 Å². The Bertz CT molecular complexity index is 451. The van der Waals surface area contributed by atoms with Crippen LogP contribution < -0.4 is 5.73 Å². The Hall–Kier alpha value is -1.13. The van der Waals surface area contributed by atoms with Gasteiger partial charge in [-0.2, -0.15) is 0 Å². The van der Waals surface area contributed by atoms with Crippen molar-refractivity contribution in [1.29, 1.82) is 0 Å². The van der Waals surface area contributed by atoms with E-state index in [0.29, 0.717) is 11.3 Å². The Morgan fingerprint density at radius 2 is 2.20 bits per heavy atom. The van der Waals surface area contributed by atoms with E-state index in [-0.39, 0.29) is 6.04 Å². The van der Waals surface area contributed by atoms with E-state index in [4.69, 9.17) is 5.73 Å². The predicted molar refractivity (Wildman–Crippen MR) is 61.3 cm³/mol. The molecule has 0 radical (unpaired) electrons. The minimum atomic E-state index is -3.16. The number of nitrogens with two attached hydrogens (primary N) is 1. The molecule has 0 aliphatic heterocycles. The third kappa shape index (κ3) is 3.18. The van der Waals surface area contributed by atoms with Crippen LogP contribution in [0.3, 0.4) is 0 Å². The molecule has 0 aromatic heterocycles. The van der Waals surface area contributed by atoms with Crippen LogP contribution in [0.1, 0.15) is 18.0 Å². The molecule has 4 heteroatoms. The molecule has 0 fully saturated rings. The normalized spacial score (nSPS) is 13.5. The smallest absolute Gasteiger partial charge is 0.175 e. The zero-order chi connectivity index (χ0) is 11.5. The second-order valence-corrected chi connectivity index (χ2v) is 5.49. The molecule has 82 valence electrons. The monoisotopic (exact) mass is 225 g/mol. The van der Waals surface area contributed by atoms with Gasteiger partial charge >= 0.3 is 0 Å². The fourth-order valence-corrected chi connectivity index (χ4v) is 1.97. The van der Waals surface area contributed by atoms with E-state index in [1.165, 1.54) is 6.26 Å². The van der Waals surface area contributed by atoms with Crippen LogP contribution in [0.15, 0.2) is 41.8 Å². The molecule has 1 atom stereocenters. The van der Waals surface area contributed by atoms with Crippen LogP contribution in [0.2, 0.25) is 0 Å². The summed E-state index contributed by atoms with van der Waals surface area (Å²) in [6, 6.07) is 6.52. The van der Waals surface area contributed by atoms with Crippen LogP contribution in [-0.2, 0) is 9.84 Å². The highest BCUT2D eigenvalue weighted by atomic mass is 32.2. The molecular weight excluding hydrogens is 210 g/mol. The van der Waals surface area contributed by atoms with Crippen molar-refractivity contribution in [3.63, 3.8) is 0 Å². The van der Waals surface area contributed by atoms with Gasteiger partial charge in [-0.05, 0) is 24.1 Å². The Kier molecular flexibility index (Phi) is 3.66. The van der Waals surface area contributed by atoms with Crippen LogP contribution in [0.5, 0.6) is 0 Å². The molecule has 0 saturated heterocycles. The summed E-state index contributed by atoms with van der Waals surface area (Å²) in [5.74, 6) is 0. The van der Waals surface area contributed by atoms with Crippen LogP contribution in [0.4, 0.5) is 0 Å². The van der Waals surface area contributed by atoms with Gasteiger partial charge in [0.2, 0.25) is 0 Å². The molecule has 3 nitrogen and oxygen atoms in total. The summed E-state index contributed by atoms with van der Waals surface area (Å²) >= 11 is 0. The van der Waals surface area contributed by atoms with Crippen molar-refractivity contribution in [2.45, 2.75) is 17.4 Å².